The van der Waals surface area contributed by atoms with Crippen LogP contribution in [0.15, 0.2) is 54.6 Å². The number of nitrogens with one attached hydrogen (secondary N) is 1. The second-order valence-corrected chi connectivity index (χ2v) is 17.3. The van der Waals surface area contributed by atoms with Crippen molar-refractivity contribution in [2.24, 2.45) is 0 Å². The van der Waals surface area contributed by atoms with Gasteiger partial charge in [-0.2, -0.15) is 0 Å². The molecule has 0 aliphatic heterocycles. The van der Waals surface area contributed by atoms with Crippen LogP contribution in [0.1, 0.15) is 87.5 Å². The lowest BCUT2D eigenvalue weighted by Gasteiger charge is -2.02. The van der Waals surface area contributed by atoms with Crippen molar-refractivity contribution in [2.45, 2.75) is 97.4 Å². The van der Waals surface area contributed by atoms with E-state index in [1.54, 1.807) is 18.3 Å². The lowest BCUT2D eigenvalue weighted by molar-refractivity contribution is -0.121. The van der Waals surface area contributed by atoms with Crippen molar-refractivity contribution in [3.8, 4) is 39.0 Å². The van der Waals surface area contributed by atoms with Gasteiger partial charge < -0.3 is 10.2 Å². The van der Waals surface area contributed by atoms with Crippen LogP contribution in [0.3, 0.4) is 0 Å². The molecule has 46 heavy (non-hydrogen) atoms. The molecule has 5 aromatic rings. The first-order valence-corrected chi connectivity index (χ1v) is 20.7. The first-order chi connectivity index (χ1) is 22.5. The van der Waals surface area contributed by atoms with Crippen LogP contribution in [0.2, 0.25) is 0 Å². The molecule has 0 aliphatic rings. The maximum atomic E-state index is 11.9. The number of carbonyl (C=O) groups is 1. The molecule has 0 saturated carbocycles. The summed E-state index contributed by atoms with van der Waals surface area (Å²) in [6.07, 6.45) is 13.5. The maximum Gasteiger partial charge on any atom is 0.302 e. The molecule has 0 aromatic carbocycles. The van der Waals surface area contributed by atoms with E-state index in [0.717, 1.165) is 12.8 Å². The van der Waals surface area contributed by atoms with Crippen LogP contribution in [0.5, 0.6) is 0 Å². The molecule has 0 aliphatic carbocycles. The van der Waals surface area contributed by atoms with Crippen LogP contribution in [0.4, 0.5) is 0 Å². The molecule has 0 unspecified atom stereocenters. The van der Waals surface area contributed by atoms with E-state index < -0.39 is 6.04 Å². The molecule has 3 nitrogen and oxygen atoms in total. The Balaban J connectivity index is 1.28. The average Bonchev–Trinajstić information content (AvgIpc) is 3.90. The van der Waals surface area contributed by atoms with Gasteiger partial charge in [-0.15, -0.1) is 56.7 Å². The minimum absolute atomic E-state index is 0.193. The van der Waals surface area contributed by atoms with Gasteiger partial charge in [-0.05, 0) is 92.3 Å². The molecule has 1 atom stereocenters. The van der Waals surface area contributed by atoms with E-state index in [2.05, 4.69) is 78.6 Å². The maximum absolute atomic E-state index is 11.9. The van der Waals surface area contributed by atoms with E-state index >= 15 is 0 Å². The van der Waals surface area contributed by atoms with Crippen LogP contribution in [0, 0.1) is 6.57 Å². The molecule has 1 amide bonds. The number of nitrogens with zero attached hydrogens (tertiary/aromatic N) is 1. The second kappa shape index (κ2) is 17.6. The van der Waals surface area contributed by atoms with Crippen molar-refractivity contribution < 1.29 is 4.79 Å². The molecular formula is C38H44N2OS5. The van der Waals surface area contributed by atoms with Gasteiger partial charge in [0.05, 0.1) is 0 Å². The third-order valence-corrected chi connectivity index (χ3v) is 14.5. The minimum atomic E-state index is -0.625. The summed E-state index contributed by atoms with van der Waals surface area (Å²) in [5, 5.41) is 2.87. The van der Waals surface area contributed by atoms with Crippen LogP contribution in [-0.4, -0.2) is 18.5 Å². The van der Waals surface area contributed by atoms with E-state index in [0.29, 0.717) is 6.54 Å². The Kier molecular flexibility index (Phi) is 13.3. The van der Waals surface area contributed by atoms with Crippen LogP contribution < -0.4 is 5.32 Å². The van der Waals surface area contributed by atoms with E-state index in [1.165, 1.54) is 112 Å². The average molecular weight is 705 g/mol. The van der Waals surface area contributed by atoms with Gasteiger partial charge in [0, 0.05) is 62.2 Å². The number of thiophene rings is 5. The molecular weight excluding hydrogens is 661 g/mol. The van der Waals surface area contributed by atoms with Gasteiger partial charge in [0.15, 0.2) is 0 Å². The molecule has 0 spiro atoms. The zero-order chi connectivity index (χ0) is 32.3. The third kappa shape index (κ3) is 9.29. The van der Waals surface area contributed by atoms with Gasteiger partial charge in [-0.1, -0.05) is 52.4 Å². The van der Waals surface area contributed by atoms with Crippen molar-refractivity contribution in [3.63, 3.8) is 0 Å². The first kappa shape index (κ1) is 34.8. The van der Waals surface area contributed by atoms with Crippen LogP contribution in [-0.2, 0) is 24.1 Å². The Bertz CT molecular complexity index is 1720. The molecule has 8 heteroatoms. The lowest BCUT2D eigenvalue weighted by Crippen LogP contribution is -2.32. The predicted molar refractivity (Wildman–Crippen MR) is 206 cm³/mol. The van der Waals surface area contributed by atoms with Crippen LogP contribution >= 0.6 is 56.7 Å². The normalized spacial score (nSPS) is 12.0. The Morgan fingerprint density at radius 2 is 1.17 bits per heavy atom. The minimum Gasteiger partial charge on any atom is -0.349 e. The van der Waals surface area contributed by atoms with Gasteiger partial charge in [0.2, 0.25) is 0 Å². The summed E-state index contributed by atoms with van der Waals surface area (Å²) < 4.78 is 0. The number of rotatable bonds is 18. The number of unbranched alkanes of at least 4 members (excludes halogenated alkanes) is 6. The highest BCUT2D eigenvalue weighted by molar-refractivity contribution is 7.29. The first-order valence-electron chi connectivity index (χ1n) is 16.6. The van der Waals surface area contributed by atoms with Gasteiger partial charge in [0.1, 0.15) is 0 Å². The fourth-order valence-electron chi connectivity index (χ4n) is 5.41. The zero-order valence-electron chi connectivity index (χ0n) is 27.2. The monoisotopic (exact) mass is 704 g/mol. The number of amides is 1. The molecule has 5 aromatic heterocycles. The second-order valence-electron chi connectivity index (χ2n) is 11.8. The molecule has 0 radical (unpaired) electrons. The smallest absolute Gasteiger partial charge is 0.302 e. The SMILES string of the molecule is [C-]#[N+][C@H](C)C(=O)NCCc1ccc(-c2ccc(-c3ccc(-c4sc(-c5ccc(CCCCCC)s5)cc4CCCCCC)s3)s2)s1. The van der Waals surface area contributed by atoms with Gasteiger partial charge in [0.25, 0.3) is 6.04 Å². The summed E-state index contributed by atoms with van der Waals surface area (Å²) in [5.41, 5.74) is 1.51. The summed E-state index contributed by atoms with van der Waals surface area (Å²) in [7, 11) is 0. The molecule has 242 valence electrons. The third-order valence-electron chi connectivity index (χ3n) is 8.12. The van der Waals surface area contributed by atoms with E-state index in [4.69, 9.17) is 6.57 Å². The molecule has 0 fully saturated rings. The summed E-state index contributed by atoms with van der Waals surface area (Å²) in [5.74, 6) is -0.193. The molecule has 0 saturated heterocycles. The molecule has 1 N–H and O–H groups in total. The topological polar surface area (TPSA) is 33.5 Å². The van der Waals surface area contributed by atoms with Gasteiger partial charge in [-0.25, -0.2) is 6.57 Å². The summed E-state index contributed by atoms with van der Waals surface area (Å²) in [4.78, 5) is 28.9. The fourth-order valence-corrected chi connectivity index (χ4v) is 11.1. The largest absolute Gasteiger partial charge is 0.349 e. The predicted octanol–water partition coefficient (Wildman–Crippen LogP) is 12.9. The van der Waals surface area contributed by atoms with Crippen molar-refractivity contribution in [1.82, 2.24) is 5.32 Å². The molecule has 5 rings (SSSR count). The van der Waals surface area contributed by atoms with E-state index in [9.17, 15) is 4.79 Å². The quantitative estimate of drug-likeness (QED) is 0.0715. The number of carbonyl (C=O) groups excluding carboxylic acids is 1. The zero-order valence-corrected chi connectivity index (χ0v) is 31.2. The highest BCUT2D eigenvalue weighted by atomic mass is 32.1. The highest BCUT2D eigenvalue weighted by Gasteiger charge is 2.18. The van der Waals surface area contributed by atoms with E-state index in [-0.39, 0.29) is 5.91 Å². The fraction of sp³-hybridized carbons (Fsp3) is 0.421. The number of aryl methyl sites for hydroxylation is 2. The molecule has 0 bridgehead atoms. The standard InChI is InChI=1S/C38H44N2OS5/c1-5-7-9-11-13-27-25-36(34-18-15-28(42-34)14-12-10-8-6-2)46-37(27)35-22-21-33(45-35)32-20-19-31(44-32)30-17-16-29(43-30)23-24-40-38(41)26(3)39-4/h15-22,25-26H,5-14,23-24H2,1-3H3,(H,40,41)/t26-/m1/s1. The molecule has 5 heterocycles. The van der Waals surface area contributed by atoms with E-state index in [1.807, 2.05) is 45.3 Å². The lowest BCUT2D eigenvalue weighted by atomic mass is 10.1. The number of hydrogen-bond donors (Lipinski definition) is 1. The van der Waals surface area contributed by atoms with Crippen molar-refractivity contribution in [2.75, 3.05) is 6.54 Å². The highest BCUT2D eigenvalue weighted by Crippen LogP contribution is 2.46. The summed E-state index contributed by atoms with van der Waals surface area (Å²) in [6, 6.07) is 20.1. The Morgan fingerprint density at radius 3 is 1.80 bits per heavy atom. The van der Waals surface area contributed by atoms with Crippen molar-refractivity contribution >= 4 is 62.6 Å². The van der Waals surface area contributed by atoms with Crippen molar-refractivity contribution in [3.05, 3.63) is 81.3 Å². The Hall–Kier alpha value is -2.54. The summed E-state index contributed by atoms with van der Waals surface area (Å²) in [6.45, 7) is 13.8. The Morgan fingerprint density at radius 1 is 0.652 bits per heavy atom. The Labute approximate surface area is 295 Å². The van der Waals surface area contributed by atoms with Crippen LogP contribution in [0.25, 0.3) is 43.9 Å². The number of hydrogen-bond acceptors (Lipinski definition) is 6. The van der Waals surface area contributed by atoms with Gasteiger partial charge >= 0.3 is 5.91 Å². The van der Waals surface area contributed by atoms with Gasteiger partial charge in [-0.3, -0.25) is 4.79 Å². The summed E-state index contributed by atoms with van der Waals surface area (Å²) >= 11 is 9.55. The van der Waals surface area contributed by atoms with Crippen molar-refractivity contribution in [1.29, 1.82) is 0 Å².